The molecular weight excluding hydrogens is 825 g/mol. The van der Waals surface area contributed by atoms with Gasteiger partial charge in [0.05, 0.1) is 45.0 Å². The fourth-order valence-corrected chi connectivity index (χ4v) is 7.31. The van der Waals surface area contributed by atoms with E-state index >= 15 is 0 Å². The second-order valence-electron chi connectivity index (χ2n) is 15.7. The number of hydrogen-bond acceptors (Lipinski definition) is 10. The number of Topliss-reactive ketones (excluding diaryl/α,β-unsaturated/α-hetero) is 2. The van der Waals surface area contributed by atoms with Crippen LogP contribution in [0.25, 0.3) is 0 Å². The predicted molar refractivity (Wildman–Crippen MR) is 263 cm³/mol. The maximum atomic E-state index is 14.4. The van der Waals surface area contributed by atoms with E-state index in [-0.39, 0.29) is 46.6 Å². The predicted octanol–water partition coefficient (Wildman–Crippen LogP) is 12.6. The molecule has 0 aromatic heterocycles. The second kappa shape index (κ2) is 24.2. The molecule has 0 aliphatic carbocycles. The van der Waals surface area contributed by atoms with Gasteiger partial charge in [0.25, 0.3) is 0 Å². The van der Waals surface area contributed by atoms with Gasteiger partial charge in [-0.15, -0.1) is 0 Å². The number of aryl methyl sites for hydroxylation is 2. The van der Waals surface area contributed by atoms with Gasteiger partial charge in [-0.2, -0.15) is 0 Å². The third-order valence-corrected chi connectivity index (χ3v) is 10.9. The Hall–Kier alpha value is -7.98. The Morgan fingerprint density at radius 3 is 1.23 bits per heavy atom. The summed E-state index contributed by atoms with van der Waals surface area (Å²) in [4.78, 5) is 64.2. The average molecular weight is 877 g/mol. The third-order valence-electron chi connectivity index (χ3n) is 10.9. The molecule has 1 heterocycles. The Morgan fingerprint density at radius 1 is 0.409 bits per heavy atom. The molecule has 2 N–H and O–H groups in total. The zero-order valence-corrected chi connectivity index (χ0v) is 36.7. The summed E-state index contributed by atoms with van der Waals surface area (Å²) in [7, 11) is 0. The summed E-state index contributed by atoms with van der Waals surface area (Å²) < 4.78 is 11.6. The van der Waals surface area contributed by atoms with Crippen LogP contribution in [0.5, 0.6) is 11.5 Å². The van der Waals surface area contributed by atoms with E-state index in [1.807, 2.05) is 60.7 Å². The summed E-state index contributed by atoms with van der Waals surface area (Å²) in [5.74, 6) is -1.36. The van der Waals surface area contributed by atoms with E-state index in [1.54, 1.807) is 72.8 Å². The highest BCUT2D eigenvalue weighted by Gasteiger charge is 2.21. The minimum Gasteiger partial charge on any atom is -0.426 e. The van der Waals surface area contributed by atoms with Gasteiger partial charge in [0.15, 0.2) is 11.6 Å². The number of nitrogens with zero attached hydrogens (tertiary/aromatic N) is 2. The maximum Gasteiger partial charge on any atom is 0.311 e. The molecule has 0 atom stereocenters. The van der Waals surface area contributed by atoms with Crippen LogP contribution in [0, 0.1) is 0 Å². The van der Waals surface area contributed by atoms with Gasteiger partial charge in [-0.1, -0.05) is 122 Å². The van der Waals surface area contributed by atoms with Crippen molar-refractivity contribution in [2.75, 3.05) is 10.6 Å². The zero-order valence-electron chi connectivity index (χ0n) is 36.7. The van der Waals surface area contributed by atoms with Crippen LogP contribution in [0.15, 0.2) is 191 Å². The van der Waals surface area contributed by atoms with Crippen molar-refractivity contribution < 1.29 is 28.7 Å². The van der Waals surface area contributed by atoms with Crippen molar-refractivity contribution in [3.63, 3.8) is 0 Å². The molecule has 1 aliphatic rings. The molecule has 0 bridgehead atoms. The Kier molecular flexibility index (Phi) is 16.9. The number of unbranched alkanes of at least 4 members (excludes halogenated alkanes) is 4. The quantitative estimate of drug-likeness (QED) is 0.0377. The number of carbonyl (C=O) groups excluding carboxylic acids is 4. The van der Waals surface area contributed by atoms with E-state index < -0.39 is 23.5 Å². The number of aliphatic imine (C=N–C) groups is 2. The molecule has 1 aliphatic heterocycles. The van der Waals surface area contributed by atoms with Crippen LogP contribution < -0.4 is 20.1 Å². The van der Waals surface area contributed by atoms with Crippen molar-refractivity contribution in [1.82, 2.24) is 0 Å². The number of hydrogen-bond donors (Lipinski definition) is 2. The number of ether oxygens (including phenoxy) is 2. The first-order chi connectivity index (χ1) is 32.4. The lowest BCUT2D eigenvalue weighted by atomic mass is 10.0. The first kappa shape index (κ1) is 46.0. The highest BCUT2D eigenvalue weighted by molar-refractivity contribution is 6.24. The smallest absolute Gasteiger partial charge is 0.311 e. The van der Waals surface area contributed by atoms with Crippen LogP contribution in [0.1, 0.15) is 83.2 Å². The number of anilines is 2. The van der Waals surface area contributed by atoms with Crippen LogP contribution in [-0.4, -0.2) is 35.9 Å². The van der Waals surface area contributed by atoms with E-state index in [9.17, 15) is 19.2 Å². The summed E-state index contributed by atoms with van der Waals surface area (Å²) in [6, 6.07) is 48.2. The fourth-order valence-electron chi connectivity index (χ4n) is 7.31. The average Bonchev–Trinajstić information content (AvgIpc) is 3.35. The van der Waals surface area contributed by atoms with Gasteiger partial charge in [0, 0.05) is 37.7 Å². The molecular formula is C56H52N4O6. The van der Waals surface area contributed by atoms with E-state index in [4.69, 9.17) is 19.5 Å². The summed E-state index contributed by atoms with van der Waals surface area (Å²) in [5.41, 5.74) is 5.30. The van der Waals surface area contributed by atoms with Crippen molar-refractivity contribution in [3.05, 3.63) is 204 Å². The fraction of sp³-hybridized carbons (Fsp3) is 0.179. The van der Waals surface area contributed by atoms with Gasteiger partial charge >= 0.3 is 11.9 Å². The molecule has 0 saturated heterocycles. The van der Waals surface area contributed by atoms with Gasteiger partial charge in [0.1, 0.15) is 11.5 Å². The number of rotatable bonds is 18. The Balaban J connectivity index is 1.07. The lowest BCUT2D eigenvalue weighted by Gasteiger charge is -2.13. The molecule has 0 unspecified atom stereocenters. The topological polar surface area (TPSA) is 136 Å². The van der Waals surface area contributed by atoms with Crippen LogP contribution in [0.4, 0.5) is 22.7 Å². The van der Waals surface area contributed by atoms with Gasteiger partial charge < -0.3 is 20.1 Å². The lowest BCUT2D eigenvalue weighted by molar-refractivity contribution is -0.135. The normalized spacial score (nSPS) is 13.8. The van der Waals surface area contributed by atoms with Crippen LogP contribution in [0.2, 0.25) is 0 Å². The molecule has 6 aromatic rings. The maximum absolute atomic E-state index is 14.4. The van der Waals surface area contributed by atoms with Crippen LogP contribution >= 0.6 is 0 Å². The Labute approximate surface area is 385 Å². The molecule has 6 aromatic carbocycles. The number of allylic oxidation sites excluding steroid dienone is 2. The zero-order chi connectivity index (χ0) is 45.8. The molecule has 0 saturated carbocycles. The third kappa shape index (κ3) is 13.5. The van der Waals surface area contributed by atoms with E-state index in [1.165, 1.54) is 36.0 Å². The molecule has 10 heteroatoms. The van der Waals surface area contributed by atoms with Crippen molar-refractivity contribution >= 4 is 58.7 Å². The largest absolute Gasteiger partial charge is 0.426 e. The number of esters is 2. The van der Waals surface area contributed by atoms with E-state index in [0.29, 0.717) is 35.6 Å². The SMILES string of the molecule is O=C(CCCCCc1ccccc1)Oc1ccccc1C(=O)/C1=C\Nc2ccccc2N=C/C(C(=O)c2ccccc2OC(=O)CCCCCc2ccccc2)=C/Nc2ccccc2N=C1. The minimum atomic E-state index is -0.425. The molecule has 7 rings (SSSR count). The van der Waals surface area contributed by atoms with Gasteiger partial charge in [-0.05, 0) is 98.2 Å². The van der Waals surface area contributed by atoms with E-state index in [2.05, 4.69) is 34.9 Å². The molecule has 0 fully saturated rings. The van der Waals surface area contributed by atoms with Gasteiger partial charge in [-0.3, -0.25) is 29.2 Å². The van der Waals surface area contributed by atoms with Crippen molar-refractivity contribution in [2.24, 2.45) is 9.98 Å². The summed E-state index contributed by atoms with van der Waals surface area (Å²) in [6.07, 6.45) is 13.3. The van der Waals surface area contributed by atoms with E-state index in [0.717, 1.165) is 38.5 Å². The first-order valence-corrected chi connectivity index (χ1v) is 22.4. The van der Waals surface area contributed by atoms with Gasteiger partial charge in [0.2, 0.25) is 0 Å². The number of carbonyl (C=O) groups is 4. The van der Waals surface area contributed by atoms with Crippen molar-refractivity contribution in [3.8, 4) is 11.5 Å². The first-order valence-electron chi connectivity index (χ1n) is 22.4. The molecule has 332 valence electrons. The molecule has 10 nitrogen and oxygen atoms in total. The lowest BCUT2D eigenvalue weighted by Crippen LogP contribution is -2.13. The number of ketones is 2. The molecule has 0 amide bonds. The number of para-hydroxylation sites is 6. The number of fused-ring (bicyclic) bond motifs is 2. The van der Waals surface area contributed by atoms with Crippen molar-refractivity contribution in [1.29, 1.82) is 0 Å². The number of nitrogens with one attached hydrogen (secondary N) is 2. The minimum absolute atomic E-state index is 0.158. The Bertz CT molecular complexity index is 2550. The monoisotopic (exact) mass is 876 g/mol. The summed E-state index contributed by atoms with van der Waals surface area (Å²) >= 11 is 0. The highest BCUT2D eigenvalue weighted by Crippen LogP contribution is 2.30. The summed E-state index contributed by atoms with van der Waals surface area (Å²) in [5, 5.41) is 6.44. The Morgan fingerprint density at radius 2 is 0.788 bits per heavy atom. The van der Waals surface area contributed by atoms with Gasteiger partial charge in [-0.25, -0.2) is 0 Å². The standard InChI is InChI=1S/C56H52N4O6/c61-53(35-11-3-9-25-41-21-5-1-6-22-41)65-51-33-19-13-27-45(51)55(63)43-37-57-47-29-15-17-31-49(47)59-39-44(40-60-50-32-18-16-30-48(50)58-38-43)56(64)46-28-14-20-34-52(46)66-54(62)36-12-4-10-26-42-23-7-2-8-24-42/h1-2,5-8,13-24,27-34,37-40,57,60H,3-4,9-12,25-26,35-36H2/b43-37-,44-40-,58-38?,59-39?. The second-order valence-corrected chi connectivity index (χ2v) is 15.7. The number of benzene rings is 6. The van der Waals surface area contributed by atoms with Crippen molar-refractivity contribution in [2.45, 2.75) is 64.2 Å². The highest BCUT2D eigenvalue weighted by atomic mass is 16.5. The molecule has 66 heavy (non-hydrogen) atoms. The van der Waals surface area contributed by atoms with Crippen LogP contribution in [-0.2, 0) is 22.4 Å². The molecule has 0 spiro atoms. The molecule has 0 radical (unpaired) electrons. The summed E-state index contributed by atoms with van der Waals surface area (Å²) in [6.45, 7) is 0. The van der Waals surface area contributed by atoms with Crippen LogP contribution in [0.3, 0.4) is 0 Å².